The van der Waals surface area contributed by atoms with Gasteiger partial charge in [0, 0.05) is 6.04 Å². The second-order valence-corrected chi connectivity index (χ2v) is 6.36. The molecule has 2 rings (SSSR count). The molecule has 0 amide bonds. The minimum Gasteiger partial charge on any atom is -0.497 e. The summed E-state index contributed by atoms with van der Waals surface area (Å²) in [6, 6.07) is 9.04. The molecule has 2 heteroatoms. The van der Waals surface area contributed by atoms with Gasteiger partial charge in [-0.05, 0) is 62.3 Å². The van der Waals surface area contributed by atoms with E-state index >= 15 is 0 Å². The van der Waals surface area contributed by atoms with Crippen molar-refractivity contribution >= 4 is 0 Å². The highest BCUT2D eigenvalue weighted by molar-refractivity contribution is 5.27. The molecule has 0 aromatic heterocycles. The maximum atomic E-state index is 5.19. The Labute approximate surface area is 123 Å². The zero-order valence-electron chi connectivity index (χ0n) is 13.2. The molecule has 0 heterocycles. The first-order valence-corrected chi connectivity index (χ1v) is 8.05. The Bertz CT molecular complexity index is 387. The van der Waals surface area contributed by atoms with Crippen LogP contribution in [0.1, 0.15) is 45.1 Å². The van der Waals surface area contributed by atoms with E-state index in [2.05, 4.69) is 31.3 Å². The molecule has 112 valence electrons. The molecule has 1 fully saturated rings. The number of ether oxygens (including phenoxy) is 1. The minimum absolute atomic E-state index is 0.602. The summed E-state index contributed by atoms with van der Waals surface area (Å²) in [6.07, 6.45) is 6.60. The number of nitrogens with one attached hydrogen (secondary N) is 1. The van der Waals surface area contributed by atoms with Gasteiger partial charge >= 0.3 is 0 Å². The summed E-state index contributed by atoms with van der Waals surface area (Å²) in [5.41, 5.74) is 1.40. The molecule has 20 heavy (non-hydrogen) atoms. The fourth-order valence-electron chi connectivity index (χ4n) is 3.16. The molecule has 1 aromatic rings. The number of hydrogen-bond donors (Lipinski definition) is 1. The predicted octanol–water partition coefficient (Wildman–Crippen LogP) is 4.04. The second-order valence-electron chi connectivity index (χ2n) is 6.36. The van der Waals surface area contributed by atoms with Gasteiger partial charge < -0.3 is 10.1 Å². The summed E-state index contributed by atoms with van der Waals surface area (Å²) in [5.74, 6) is 2.75. The van der Waals surface area contributed by atoms with Crippen LogP contribution in [0.2, 0.25) is 0 Å². The molecular weight excluding hydrogens is 246 g/mol. The van der Waals surface area contributed by atoms with Gasteiger partial charge in [0.15, 0.2) is 0 Å². The van der Waals surface area contributed by atoms with Gasteiger partial charge in [0.05, 0.1) is 7.11 Å². The quantitative estimate of drug-likeness (QED) is 0.811. The van der Waals surface area contributed by atoms with Crippen molar-refractivity contribution in [2.24, 2.45) is 11.8 Å². The highest BCUT2D eigenvalue weighted by Crippen LogP contribution is 2.30. The van der Waals surface area contributed by atoms with Gasteiger partial charge in [-0.3, -0.25) is 0 Å². The number of rotatable bonds is 7. The third kappa shape index (κ3) is 4.52. The highest BCUT2D eigenvalue weighted by Gasteiger charge is 2.23. The van der Waals surface area contributed by atoms with Crippen LogP contribution < -0.4 is 10.1 Å². The van der Waals surface area contributed by atoms with Gasteiger partial charge in [0.2, 0.25) is 0 Å². The molecule has 0 saturated heterocycles. The van der Waals surface area contributed by atoms with E-state index in [-0.39, 0.29) is 0 Å². The van der Waals surface area contributed by atoms with Gasteiger partial charge in [-0.15, -0.1) is 0 Å². The van der Waals surface area contributed by atoms with Gasteiger partial charge in [-0.25, -0.2) is 0 Å². The molecule has 1 N–H and O–H groups in total. The molecule has 1 aliphatic rings. The smallest absolute Gasteiger partial charge is 0.118 e. The molecule has 3 unspecified atom stereocenters. The van der Waals surface area contributed by atoms with E-state index in [1.807, 2.05) is 12.1 Å². The average molecular weight is 275 g/mol. The predicted molar refractivity (Wildman–Crippen MR) is 85.3 cm³/mol. The monoisotopic (exact) mass is 275 g/mol. The van der Waals surface area contributed by atoms with E-state index in [0.29, 0.717) is 6.04 Å². The van der Waals surface area contributed by atoms with Crippen LogP contribution in [0.25, 0.3) is 0 Å². The topological polar surface area (TPSA) is 21.3 Å². The molecule has 0 bridgehead atoms. The lowest BCUT2D eigenvalue weighted by Gasteiger charge is -2.20. The van der Waals surface area contributed by atoms with Gasteiger partial charge in [-0.1, -0.05) is 31.9 Å². The minimum atomic E-state index is 0.602. The molecule has 1 saturated carbocycles. The summed E-state index contributed by atoms with van der Waals surface area (Å²) in [5, 5.41) is 3.72. The van der Waals surface area contributed by atoms with Crippen molar-refractivity contribution in [2.45, 2.75) is 52.0 Å². The Morgan fingerprint density at radius 2 is 2.00 bits per heavy atom. The van der Waals surface area contributed by atoms with E-state index in [9.17, 15) is 0 Å². The van der Waals surface area contributed by atoms with Crippen LogP contribution in [0, 0.1) is 11.8 Å². The third-order valence-electron chi connectivity index (χ3n) is 4.79. The van der Waals surface area contributed by atoms with Gasteiger partial charge in [0.1, 0.15) is 5.75 Å². The number of methoxy groups -OCH3 is 1. The standard InChI is InChI=1S/C18H29NO/c1-14-5-4-6-17(14)13-19-15(2)7-8-16-9-11-18(20-3)12-10-16/h9-12,14-15,17,19H,4-8,13H2,1-3H3. The Balaban J connectivity index is 1.67. The summed E-state index contributed by atoms with van der Waals surface area (Å²) < 4.78 is 5.19. The molecule has 0 radical (unpaired) electrons. The summed E-state index contributed by atoms with van der Waals surface area (Å²) in [4.78, 5) is 0. The lowest BCUT2D eigenvalue weighted by Crippen LogP contribution is -2.32. The fraction of sp³-hybridized carbons (Fsp3) is 0.667. The highest BCUT2D eigenvalue weighted by atomic mass is 16.5. The maximum absolute atomic E-state index is 5.19. The molecule has 1 aliphatic carbocycles. The number of benzene rings is 1. The van der Waals surface area contributed by atoms with E-state index in [0.717, 1.165) is 24.0 Å². The van der Waals surface area contributed by atoms with Crippen LogP contribution in [-0.2, 0) is 6.42 Å². The number of aryl methyl sites for hydroxylation is 1. The average Bonchev–Trinajstić information content (AvgIpc) is 2.89. The summed E-state index contributed by atoms with van der Waals surface area (Å²) >= 11 is 0. The Morgan fingerprint density at radius 3 is 2.60 bits per heavy atom. The first kappa shape index (κ1) is 15.4. The van der Waals surface area contributed by atoms with Crippen LogP contribution in [0.3, 0.4) is 0 Å². The molecule has 1 aromatic carbocycles. The van der Waals surface area contributed by atoms with Crippen molar-refractivity contribution in [3.05, 3.63) is 29.8 Å². The van der Waals surface area contributed by atoms with Crippen molar-refractivity contribution < 1.29 is 4.74 Å². The molecular formula is C18H29NO. The van der Waals surface area contributed by atoms with Gasteiger partial charge in [-0.2, -0.15) is 0 Å². The van der Waals surface area contributed by atoms with Crippen molar-refractivity contribution in [3.8, 4) is 5.75 Å². The molecule has 2 nitrogen and oxygen atoms in total. The normalized spacial score (nSPS) is 23.8. The van der Waals surface area contributed by atoms with Crippen molar-refractivity contribution in [3.63, 3.8) is 0 Å². The van der Waals surface area contributed by atoms with Crippen LogP contribution in [0.15, 0.2) is 24.3 Å². The lowest BCUT2D eigenvalue weighted by molar-refractivity contribution is 0.366. The maximum Gasteiger partial charge on any atom is 0.118 e. The van der Waals surface area contributed by atoms with E-state index in [1.54, 1.807) is 7.11 Å². The summed E-state index contributed by atoms with van der Waals surface area (Å²) in [6.45, 7) is 5.91. The van der Waals surface area contributed by atoms with Crippen molar-refractivity contribution in [1.29, 1.82) is 0 Å². The largest absolute Gasteiger partial charge is 0.497 e. The Morgan fingerprint density at radius 1 is 1.25 bits per heavy atom. The van der Waals surface area contributed by atoms with Crippen LogP contribution in [0.4, 0.5) is 0 Å². The molecule has 3 atom stereocenters. The van der Waals surface area contributed by atoms with Gasteiger partial charge in [0.25, 0.3) is 0 Å². The van der Waals surface area contributed by atoms with E-state index in [4.69, 9.17) is 4.74 Å². The van der Waals surface area contributed by atoms with Crippen LogP contribution >= 0.6 is 0 Å². The van der Waals surface area contributed by atoms with E-state index < -0.39 is 0 Å². The first-order valence-electron chi connectivity index (χ1n) is 8.05. The molecule has 0 aliphatic heterocycles. The number of hydrogen-bond acceptors (Lipinski definition) is 2. The second kappa shape index (κ2) is 7.68. The zero-order chi connectivity index (χ0) is 14.4. The lowest BCUT2D eigenvalue weighted by atomic mass is 9.97. The fourth-order valence-corrected chi connectivity index (χ4v) is 3.16. The first-order chi connectivity index (χ1) is 9.69. The molecule has 0 spiro atoms. The zero-order valence-corrected chi connectivity index (χ0v) is 13.2. The van der Waals surface area contributed by atoms with Crippen LogP contribution in [0.5, 0.6) is 5.75 Å². The van der Waals surface area contributed by atoms with Crippen LogP contribution in [-0.4, -0.2) is 19.7 Å². The third-order valence-corrected chi connectivity index (χ3v) is 4.79. The Kier molecular flexibility index (Phi) is 5.90. The van der Waals surface area contributed by atoms with Crippen molar-refractivity contribution in [1.82, 2.24) is 5.32 Å². The van der Waals surface area contributed by atoms with Crippen molar-refractivity contribution in [2.75, 3.05) is 13.7 Å². The summed E-state index contributed by atoms with van der Waals surface area (Å²) in [7, 11) is 1.71. The SMILES string of the molecule is COc1ccc(CCC(C)NCC2CCCC2C)cc1. The Hall–Kier alpha value is -1.02. The van der Waals surface area contributed by atoms with E-state index in [1.165, 1.54) is 37.8 Å².